The van der Waals surface area contributed by atoms with Crippen LogP contribution >= 0.6 is 0 Å². The van der Waals surface area contributed by atoms with Gasteiger partial charge >= 0.3 is 0 Å². The second-order valence-corrected chi connectivity index (χ2v) is 7.00. The molecular formula is C9H13NO6S2. The van der Waals surface area contributed by atoms with Gasteiger partial charge in [-0.25, -0.2) is 16.8 Å². The third kappa shape index (κ3) is 3.19. The highest BCUT2D eigenvalue weighted by molar-refractivity contribution is 7.91. The van der Waals surface area contributed by atoms with E-state index in [2.05, 4.69) is 4.84 Å². The molecule has 0 atom stereocenters. The van der Waals surface area contributed by atoms with Crippen LogP contribution in [0.3, 0.4) is 0 Å². The molecular weight excluding hydrogens is 282 g/mol. The molecule has 0 aliphatic rings. The maximum absolute atomic E-state index is 11.8. The Labute approximate surface area is 106 Å². The van der Waals surface area contributed by atoms with Crippen LogP contribution in [0.25, 0.3) is 0 Å². The van der Waals surface area contributed by atoms with E-state index >= 15 is 0 Å². The number of methoxy groups -OCH3 is 1. The van der Waals surface area contributed by atoms with Crippen molar-refractivity contribution in [1.82, 2.24) is 4.89 Å². The van der Waals surface area contributed by atoms with E-state index in [1.165, 1.54) is 19.2 Å². The van der Waals surface area contributed by atoms with Crippen LogP contribution in [0.4, 0.5) is 0 Å². The van der Waals surface area contributed by atoms with Gasteiger partial charge in [0.25, 0.3) is 10.0 Å². The molecule has 0 radical (unpaired) electrons. The fourth-order valence-electron chi connectivity index (χ4n) is 1.25. The van der Waals surface area contributed by atoms with E-state index in [0.29, 0.717) is 0 Å². The van der Waals surface area contributed by atoms with Crippen molar-refractivity contribution in [3.05, 3.63) is 18.2 Å². The van der Waals surface area contributed by atoms with E-state index in [-0.39, 0.29) is 15.5 Å². The minimum absolute atomic E-state index is 0.0203. The first kappa shape index (κ1) is 14.9. The number of sulfone groups is 1. The smallest absolute Gasteiger partial charge is 0.266 e. The Morgan fingerprint density at radius 3 is 2.17 bits per heavy atom. The Kier molecular flexibility index (Phi) is 4.32. The SMILES string of the molecule is CONS(=O)(=O)c1cc(S(C)(=O)=O)ccc1OC. The Morgan fingerprint density at radius 1 is 1.11 bits per heavy atom. The monoisotopic (exact) mass is 295 g/mol. The lowest BCUT2D eigenvalue weighted by Crippen LogP contribution is -2.23. The zero-order valence-corrected chi connectivity index (χ0v) is 11.6. The molecule has 0 fully saturated rings. The van der Waals surface area contributed by atoms with Gasteiger partial charge in [-0.2, -0.15) is 0 Å². The molecule has 18 heavy (non-hydrogen) atoms. The fraction of sp³-hybridized carbons (Fsp3) is 0.333. The predicted molar refractivity (Wildman–Crippen MR) is 63.4 cm³/mol. The summed E-state index contributed by atoms with van der Waals surface area (Å²) in [5.74, 6) is 0.0203. The van der Waals surface area contributed by atoms with Gasteiger partial charge in [-0.1, -0.05) is 4.89 Å². The van der Waals surface area contributed by atoms with Crippen LogP contribution in [0.5, 0.6) is 5.75 Å². The van der Waals surface area contributed by atoms with E-state index in [1.807, 2.05) is 0 Å². The Balaban J connectivity index is 3.50. The maximum atomic E-state index is 11.8. The molecule has 0 saturated heterocycles. The molecule has 102 valence electrons. The highest BCUT2D eigenvalue weighted by Crippen LogP contribution is 2.26. The molecule has 1 N–H and O–H groups in total. The third-order valence-electron chi connectivity index (χ3n) is 2.05. The summed E-state index contributed by atoms with van der Waals surface area (Å²) >= 11 is 0. The number of ether oxygens (including phenoxy) is 1. The molecule has 1 aromatic carbocycles. The lowest BCUT2D eigenvalue weighted by molar-refractivity contribution is 0.153. The maximum Gasteiger partial charge on any atom is 0.266 e. The van der Waals surface area contributed by atoms with Crippen molar-refractivity contribution in [3.63, 3.8) is 0 Å². The van der Waals surface area contributed by atoms with Crippen molar-refractivity contribution in [2.24, 2.45) is 0 Å². The largest absolute Gasteiger partial charge is 0.495 e. The van der Waals surface area contributed by atoms with E-state index in [9.17, 15) is 16.8 Å². The second kappa shape index (κ2) is 5.22. The van der Waals surface area contributed by atoms with Gasteiger partial charge in [-0.15, -0.1) is 0 Å². The molecule has 0 spiro atoms. The van der Waals surface area contributed by atoms with Gasteiger partial charge in [0.05, 0.1) is 19.1 Å². The summed E-state index contributed by atoms with van der Waals surface area (Å²) in [6, 6.07) is 3.54. The van der Waals surface area contributed by atoms with Crippen LogP contribution in [0.2, 0.25) is 0 Å². The van der Waals surface area contributed by atoms with Crippen molar-refractivity contribution in [3.8, 4) is 5.75 Å². The summed E-state index contributed by atoms with van der Waals surface area (Å²) in [5, 5.41) is 0. The number of nitrogens with one attached hydrogen (secondary N) is 1. The molecule has 0 unspecified atom stereocenters. The number of rotatable bonds is 5. The first-order valence-electron chi connectivity index (χ1n) is 4.65. The lowest BCUT2D eigenvalue weighted by Gasteiger charge is -2.10. The molecule has 9 heteroatoms. The van der Waals surface area contributed by atoms with Gasteiger partial charge in [0, 0.05) is 6.26 Å². The van der Waals surface area contributed by atoms with Gasteiger partial charge < -0.3 is 4.74 Å². The topological polar surface area (TPSA) is 98.8 Å². The van der Waals surface area contributed by atoms with E-state index in [0.717, 1.165) is 19.4 Å². The number of benzene rings is 1. The summed E-state index contributed by atoms with van der Waals surface area (Å²) < 4.78 is 51.2. The Hall–Kier alpha value is -1.16. The second-order valence-electron chi connectivity index (χ2n) is 3.38. The average molecular weight is 295 g/mol. The summed E-state index contributed by atoms with van der Waals surface area (Å²) in [5.41, 5.74) is 0. The van der Waals surface area contributed by atoms with Crippen LogP contribution in [0.1, 0.15) is 0 Å². The van der Waals surface area contributed by atoms with E-state index in [4.69, 9.17) is 4.74 Å². The molecule has 1 rings (SSSR count). The van der Waals surface area contributed by atoms with Crippen molar-refractivity contribution in [2.75, 3.05) is 20.5 Å². The van der Waals surface area contributed by atoms with Gasteiger partial charge in [0.1, 0.15) is 10.6 Å². The molecule has 0 saturated carbocycles. The summed E-state index contributed by atoms with van der Waals surface area (Å²) in [6.07, 6.45) is 0.981. The summed E-state index contributed by atoms with van der Waals surface area (Å²) in [4.78, 5) is 5.70. The number of sulfonamides is 1. The van der Waals surface area contributed by atoms with Gasteiger partial charge in [0.15, 0.2) is 9.84 Å². The molecule has 0 amide bonds. The molecule has 0 aromatic heterocycles. The first-order chi connectivity index (χ1) is 8.22. The van der Waals surface area contributed by atoms with Crippen LogP contribution in [-0.2, 0) is 24.7 Å². The predicted octanol–water partition coefficient (Wildman–Crippen LogP) is -0.0616. The minimum Gasteiger partial charge on any atom is -0.495 e. The van der Waals surface area contributed by atoms with E-state index in [1.54, 1.807) is 4.89 Å². The normalized spacial score (nSPS) is 12.4. The minimum atomic E-state index is -4.00. The molecule has 0 bridgehead atoms. The molecule has 1 aromatic rings. The highest BCUT2D eigenvalue weighted by atomic mass is 32.2. The van der Waals surface area contributed by atoms with Crippen molar-refractivity contribution in [2.45, 2.75) is 9.79 Å². The summed E-state index contributed by atoms with van der Waals surface area (Å²) in [7, 11) is -5.10. The Bertz CT molecular complexity index is 635. The van der Waals surface area contributed by atoms with Gasteiger partial charge in [0.2, 0.25) is 0 Å². The summed E-state index contributed by atoms with van der Waals surface area (Å²) in [6.45, 7) is 0. The number of hydrogen-bond donors (Lipinski definition) is 1. The third-order valence-corrected chi connectivity index (χ3v) is 4.44. The van der Waals surface area contributed by atoms with Crippen LogP contribution < -0.4 is 9.62 Å². The number of hydrogen-bond acceptors (Lipinski definition) is 6. The average Bonchev–Trinajstić information content (AvgIpc) is 2.27. The molecule has 0 aliphatic carbocycles. The molecule has 7 nitrogen and oxygen atoms in total. The van der Waals surface area contributed by atoms with Gasteiger partial charge in [-0.3, -0.25) is 4.84 Å². The highest BCUT2D eigenvalue weighted by Gasteiger charge is 2.22. The standard InChI is InChI=1S/C9H13NO6S2/c1-15-8-5-4-7(17(3,11)12)6-9(8)18(13,14)10-16-2/h4-6,10H,1-3H3. The fourth-order valence-corrected chi connectivity index (χ4v) is 2.98. The van der Waals surface area contributed by atoms with E-state index < -0.39 is 19.9 Å². The molecule has 0 heterocycles. The van der Waals surface area contributed by atoms with Crippen molar-refractivity contribution >= 4 is 19.9 Å². The first-order valence-corrected chi connectivity index (χ1v) is 8.02. The van der Waals surface area contributed by atoms with Crippen molar-refractivity contribution < 1.29 is 26.4 Å². The zero-order chi connectivity index (χ0) is 14.0. The van der Waals surface area contributed by atoms with Crippen LogP contribution in [0.15, 0.2) is 28.0 Å². The Morgan fingerprint density at radius 2 is 1.72 bits per heavy atom. The van der Waals surface area contributed by atoms with Crippen molar-refractivity contribution in [1.29, 1.82) is 0 Å². The zero-order valence-electron chi connectivity index (χ0n) is 10.00. The quantitative estimate of drug-likeness (QED) is 0.764. The van der Waals surface area contributed by atoms with Crippen LogP contribution in [-0.4, -0.2) is 37.3 Å². The van der Waals surface area contributed by atoms with Gasteiger partial charge in [-0.05, 0) is 18.2 Å². The molecule has 0 aliphatic heterocycles. The lowest BCUT2D eigenvalue weighted by atomic mass is 10.3. The van der Waals surface area contributed by atoms with Crippen LogP contribution in [0, 0.1) is 0 Å².